The van der Waals surface area contributed by atoms with Gasteiger partial charge in [-0.25, -0.2) is 0 Å². The third-order valence-electron chi connectivity index (χ3n) is 3.78. The first-order valence-electron chi connectivity index (χ1n) is 7.02. The molecule has 1 saturated carbocycles. The average Bonchev–Trinajstić information content (AvgIpc) is 2.21. The van der Waals surface area contributed by atoms with Gasteiger partial charge in [0.05, 0.1) is 0 Å². The van der Waals surface area contributed by atoms with E-state index in [1.807, 2.05) is 0 Å². The van der Waals surface area contributed by atoms with Gasteiger partial charge < -0.3 is 10.6 Å². The minimum absolute atomic E-state index is 0.488. The highest BCUT2D eigenvalue weighted by atomic mass is 15.1. The molecule has 16 heavy (non-hydrogen) atoms. The Labute approximate surface area is 102 Å². The van der Waals surface area contributed by atoms with Crippen LogP contribution in [0.4, 0.5) is 0 Å². The zero-order valence-corrected chi connectivity index (χ0v) is 11.4. The molecule has 0 saturated heterocycles. The Kier molecular flexibility index (Phi) is 6.37. The smallest absolute Gasteiger partial charge is 0.00390 e. The van der Waals surface area contributed by atoms with Gasteiger partial charge in [-0.3, -0.25) is 0 Å². The highest BCUT2D eigenvalue weighted by Gasteiger charge is 2.19. The monoisotopic (exact) mass is 226 g/mol. The van der Waals surface area contributed by atoms with Crippen LogP contribution in [0.2, 0.25) is 0 Å². The Morgan fingerprint density at radius 2 is 1.81 bits per heavy atom. The summed E-state index contributed by atoms with van der Waals surface area (Å²) in [4.78, 5) is 2.52. The summed E-state index contributed by atoms with van der Waals surface area (Å²) in [6.07, 6.45) is 7.88. The first kappa shape index (κ1) is 14.0. The van der Waals surface area contributed by atoms with Crippen molar-refractivity contribution in [3.8, 4) is 0 Å². The van der Waals surface area contributed by atoms with Crippen molar-refractivity contribution in [1.82, 2.24) is 4.90 Å². The maximum absolute atomic E-state index is 5.93. The highest BCUT2D eigenvalue weighted by Crippen LogP contribution is 2.23. The fraction of sp³-hybridized carbons (Fsp3) is 1.00. The number of nitrogens with two attached hydrogens (primary N) is 1. The third-order valence-corrected chi connectivity index (χ3v) is 3.78. The maximum Gasteiger partial charge on any atom is 0.00390 e. The molecule has 1 rings (SSSR count). The van der Waals surface area contributed by atoms with Gasteiger partial charge in [0, 0.05) is 12.6 Å². The molecule has 0 aliphatic heterocycles. The van der Waals surface area contributed by atoms with Crippen LogP contribution in [-0.2, 0) is 0 Å². The molecule has 96 valence electrons. The van der Waals surface area contributed by atoms with Gasteiger partial charge in [-0.15, -0.1) is 0 Å². The average molecular weight is 226 g/mol. The lowest BCUT2D eigenvalue weighted by atomic mass is 9.86. The quantitative estimate of drug-likeness (QED) is 0.754. The number of nitrogens with zero attached hydrogens (tertiary/aromatic N) is 1. The molecule has 2 heteroatoms. The predicted octanol–water partition coefficient (Wildman–Crippen LogP) is 2.87. The highest BCUT2D eigenvalue weighted by molar-refractivity contribution is 4.76. The van der Waals surface area contributed by atoms with Crippen LogP contribution in [0, 0.1) is 11.8 Å². The summed E-state index contributed by atoms with van der Waals surface area (Å²) in [7, 11) is 2.27. The van der Waals surface area contributed by atoms with E-state index in [-0.39, 0.29) is 0 Å². The van der Waals surface area contributed by atoms with E-state index in [2.05, 4.69) is 25.8 Å². The van der Waals surface area contributed by atoms with Crippen molar-refractivity contribution in [2.75, 3.05) is 20.1 Å². The Balaban J connectivity index is 2.07. The molecule has 0 atom stereocenters. The summed E-state index contributed by atoms with van der Waals surface area (Å²) in [6, 6.07) is 0.488. The summed E-state index contributed by atoms with van der Waals surface area (Å²) in [5, 5.41) is 0. The fourth-order valence-corrected chi connectivity index (χ4v) is 2.67. The van der Waals surface area contributed by atoms with Gasteiger partial charge in [-0.05, 0) is 64.0 Å². The molecule has 2 nitrogen and oxygen atoms in total. The van der Waals surface area contributed by atoms with Crippen LogP contribution in [0.25, 0.3) is 0 Å². The zero-order valence-electron chi connectivity index (χ0n) is 11.4. The largest absolute Gasteiger partial charge is 0.328 e. The lowest BCUT2D eigenvalue weighted by molar-refractivity contribution is 0.219. The summed E-state index contributed by atoms with van der Waals surface area (Å²) in [5.74, 6) is 1.75. The zero-order chi connectivity index (χ0) is 12.0. The minimum atomic E-state index is 0.488. The summed E-state index contributed by atoms with van der Waals surface area (Å²) < 4.78 is 0. The van der Waals surface area contributed by atoms with Crippen LogP contribution >= 0.6 is 0 Å². The minimum Gasteiger partial charge on any atom is -0.328 e. The van der Waals surface area contributed by atoms with Gasteiger partial charge in [0.2, 0.25) is 0 Å². The molecule has 1 fully saturated rings. The summed E-state index contributed by atoms with van der Waals surface area (Å²) in [6.45, 7) is 7.16. The Hall–Kier alpha value is -0.0800. The molecule has 0 aromatic heterocycles. The van der Waals surface area contributed by atoms with Crippen molar-refractivity contribution < 1.29 is 0 Å². The Bertz CT molecular complexity index is 172. The number of hydrogen-bond acceptors (Lipinski definition) is 2. The third kappa shape index (κ3) is 5.86. The first-order valence-corrected chi connectivity index (χ1v) is 7.02. The fourth-order valence-electron chi connectivity index (χ4n) is 2.67. The molecule has 0 radical (unpaired) electrons. The van der Waals surface area contributed by atoms with Gasteiger partial charge in [-0.1, -0.05) is 13.8 Å². The van der Waals surface area contributed by atoms with Crippen molar-refractivity contribution in [2.24, 2.45) is 17.6 Å². The van der Waals surface area contributed by atoms with E-state index in [1.165, 1.54) is 51.6 Å². The second-order valence-corrected chi connectivity index (χ2v) is 6.08. The van der Waals surface area contributed by atoms with Crippen molar-refractivity contribution >= 4 is 0 Å². The van der Waals surface area contributed by atoms with E-state index in [4.69, 9.17) is 5.73 Å². The topological polar surface area (TPSA) is 29.3 Å². The van der Waals surface area contributed by atoms with Crippen LogP contribution in [0.5, 0.6) is 0 Å². The molecule has 1 aliphatic carbocycles. The van der Waals surface area contributed by atoms with Crippen LogP contribution in [0.15, 0.2) is 0 Å². The van der Waals surface area contributed by atoms with Crippen molar-refractivity contribution in [3.05, 3.63) is 0 Å². The lowest BCUT2D eigenvalue weighted by Crippen LogP contribution is -2.33. The SMILES string of the molecule is CC(C)CCCN(C)CC1CCC(N)CC1. The maximum atomic E-state index is 5.93. The molecule has 0 spiro atoms. The first-order chi connectivity index (χ1) is 7.58. The van der Waals surface area contributed by atoms with Crippen LogP contribution in [-0.4, -0.2) is 31.1 Å². The molecule has 1 aliphatic rings. The van der Waals surface area contributed by atoms with Gasteiger partial charge in [-0.2, -0.15) is 0 Å². The van der Waals surface area contributed by atoms with Crippen molar-refractivity contribution in [3.63, 3.8) is 0 Å². The molecule has 0 heterocycles. The molecular formula is C14H30N2. The van der Waals surface area contributed by atoms with E-state index in [0.29, 0.717) is 6.04 Å². The molecule has 2 N–H and O–H groups in total. The Morgan fingerprint density at radius 3 is 2.38 bits per heavy atom. The van der Waals surface area contributed by atoms with Crippen molar-refractivity contribution in [1.29, 1.82) is 0 Å². The van der Waals surface area contributed by atoms with Crippen LogP contribution in [0.3, 0.4) is 0 Å². The second kappa shape index (κ2) is 7.29. The van der Waals surface area contributed by atoms with E-state index in [1.54, 1.807) is 0 Å². The number of rotatable bonds is 6. The second-order valence-electron chi connectivity index (χ2n) is 6.08. The van der Waals surface area contributed by atoms with Crippen molar-refractivity contribution in [2.45, 2.75) is 58.4 Å². The standard InChI is InChI=1S/C14H30N2/c1-12(2)5-4-10-16(3)11-13-6-8-14(15)9-7-13/h12-14H,4-11,15H2,1-3H3. The van der Waals surface area contributed by atoms with Crippen LogP contribution in [0.1, 0.15) is 52.4 Å². The van der Waals surface area contributed by atoms with E-state index in [9.17, 15) is 0 Å². The van der Waals surface area contributed by atoms with E-state index >= 15 is 0 Å². The van der Waals surface area contributed by atoms with Gasteiger partial charge in [0.1, 0.15) is 0 Å². The van der Waals surface area contributed by atoms with Gasteiger partial charge in [0.15, 0.2) is 0 Å². The summed E-state index contributed by atoms with van der Waals surface area (Å²) >= 11 is 0. The van der Waals surface area contributed by atoms with Crippen LogP contribution < -0.4 is 5.73 Å². The Morgan fingerprint density at radius 1 is 1.19 bits per heavy atom. The van der Waals surface area contributed by atoms with E-state index < -0.39 is 0 Å². The van der Waals surface area contributed by atoms with E-state index in [0.717, 1.165) is 11.8 Å². The molecule has 0 unspecified atom stereocenters. The predicted molar refractivity (Wildman–Crippen MR) is 71.5 cm³/mol. The molecule has 0 bridgehead atoms. The number of hydrogen-bond donors (Lipinski definition) is 1. The van der Waals surface area contributed by atoms with Gasteiger partial charge in [0.25, 0.3) is 0 Å². The molecule has 0 aromatic rings. The van der Waals surface area contributed by atoms with Gasteiger partial charge >= 0.3 is 0 Å². The molecule has 0 aromatic carbocycles. The molecular weight excluding hydrogens is 196 g/mol. The summed E-state index contributed by atoms with van der Waals surface area (Å²) in [5.41, 5.74) is 5.93. The lowest BCUT2D eigenvalue weighted by Gasteiger charge is -2.29. The normalized spacial score (nSPS) is 26.6. The molecule has 0 amide bonds.